The van der Waals surface area contributed by atoms with Crippen LogP contribution < -0.4 is 16.6 Å². The quantitative estimate of drug-likeness (QED) is 0.591. The highest BCUT2D eigenvalue weighted by Gasteiger charge is 2.42. The van der Waals surface area contributed by atoms with Gasteiger partial charge in [-0.15, -0.1) is 11.8 Å². The molecule has 2 aliphatic heterocycles. The minimum absolute atomic E-state index is 0.114. The van der Waals surface area contributed by atoms with Gasteiger partial charge in [0.05, 0.1) is 16.5 Å². The number of hydrazine groups is 1. The fraction of sp³-hybridized carbons (Fsp3) is 0.400. The summed E-state index contributed by atoms with van der Waals surface area (Å²) in [5.74, 6) is -0.906. The van der Waals surface area contributed by atoms with Crippen LogP contribution in [0.2, 0.25) is 5.02 Å². The summed E-state index contributed by atoms with van der Waals surface area (Å²) in [5, 5.41) is 0.595. The van der Waals surface area contributed by atoms with Crippen LogP contribution >= 0.6 is 23.4 Å². The first kappa shape index (κ1) is 21.8. The Kier molecular flexibility index (Phi) is 7.00. The maximum absolute atomic E-state index is 15.2. The van der Waals surface area contributed by atoms with Gasteiger partial charge in [-0.25, -0.2) is 9.82 Å². The lowest BCUT2D eigenvalue weighted by Gasteiger charge is -2.39. The molecule has 1 amide bonds. The zero-order chi connectivity index (χ0) is 21.1. The number of carbonyl (C=O) groups is 2. The highest BCUT2D eigenvalue weighted by atomic mass is 35.5. The minimum atomic E-state index is -0.834. The second-order valence-corrected chi connectivity index (χ2v) is 8.97. The van der Waals surface area contributed by atoms with E-state index in [2.05, 4.69) is 10.9 Å². The van der Waals surface area contributed by atoms with Gasteiger partial charge in [0.1, 0.15) is 11.9 Å². The smallest absolute Gasteiger partial charge is 0.269 e. The van der Waals surface area contributed by atoms with Crippen molar-refractivity contribution in [3.05, 3.63) is 57.4 Å². The van der Waals surface area contributed by atoms with Gasteiger partial charge in [-0.3, -0.25) is 15.0 Å². The molecule has 2 aliphatic rings. The minimum Gasteiger partial charge on any atom is -0.358 e. The molecule has 1 unspecified atom stereocenters. The molecule has 2 atom stereocenters. The number of ketones is 1. The lowest BCUT2D eigenvalue weighted by molar-refractivity contribution is -0.124. The van der Waals surface area contributed by atoms with Crippen molar-refractivity contribution in [2.45, 2.75) is 32.5 Å². The number of nitrogens with zero attached hydrogens (tertiary/aromatic N) is 1. The highest BCUT2D eigenvalue weighted by molar-refractivity contribution is 8.03. The van der Waals surface area contributed by atoms with Gasteiger partial charge >= 0.3 is 0 Å². The third-order valence-corrected chi connectivity index (χ3v) is 6.11. The Labute approximate surface area is 178 Å². The van der Waals surface area contributed by atoms with Crippen molar-refractivity contribution in [3.8, 4) is 0 Å². The number of hydrogen-bond acceptors (Lipinski definition) is 6. The number of amides is 1. The summed E-state index contributed by atoms with van der Waals surface area (Å²) in [6.07, 6.45) is 1.40. The number of halogens is 2. The van der Waals surface area contributed by atoms with Gasteiger partial charge in [0.15, 0.2) is 5.78 Å². The zero-order valence-electron chi connectivity index (χ0n) is 16.2. The van der Waals surface area contributed by atoms with Crippen molar-refractivity contribution in [2.75, 3.05) is 12.3 Å². The van der Waals surface area contributed by atoms with Crippen LogP contribution in [0.4, 0.5) is 4.39 Å². The van der Waals surface area contributed by atoms with Crippen LogP contribution in [-0.2, 0) is 16.1 Å². The third kappa shape index (κ3) is 5.01. The molecule has 1 saturated heterocycles. The summed E-state index contributed by atoms with van der Waals surface area (Å²) in [5.41, 5.74) is 12.0. The number of Topliss-reactive ketones (excluding diaryl/α,β-unsaturated/α-hetero) is 1. The van der Waals surface area contributed by atoms with Crippen molar-refractivity contribution in [1.82, 2.24) is 15.8 Å². The Balaban J connectivity index is 1.90. The average molecular weight is 439 g/mol. The first-order valence-corrected chi connectivity index (χ1v) is 10.7. The summed E-state index contributed by atoms with van der Waals surface area (Å²) in [6, 6.07) is 5.64. The molecule has 1 aromatic rings. The van der Waals surface area contributed by atoms with Crippen molar-refractivity contribution in [1.29, 1.82) is 0 Å². The standard InChI is InChI=1S/C20H24ClFN4O2S/c1-11(2)7-24-25-20(28)14-9-26(8-12-3-5-13(21)6-4-12)17-18(27)15(23)10-29-19(17)16(14)22/h3-6,9,11,15,17,24H,7-8,10,23H2,1-2H3,(H,25,28)/t15-,17?/m0/s1. The SMILES string of the molecule is CC(C)CNNC(=O)C1=CN(Cc2ccc(Cl)cc2)C2C(=O)[C@@H](N)CSC2=C1F. The van der Waals surface area contributed by atoms with Crippen molar-refractivity contribution in [2.24, 2.45) is 11.7 Å². The van der Waals surface area contributed by atoms with E-state index in [0.717, 1.165) is 5.56 Å². The van der Waals surface area contributed by atoms with Gasteiger partial charge in [0, 0.05) is 30.1 Å². The molecule has 1 fully saturated rings. The molecule has 0 bridgehead atoms. The van der Waals surface area contributed by atoms with E-state index in [-0.39, 0.29) is 22.0 Å². The fourth-order valence-corrected chi connectivity index (χ4v) is 4.39. The molecule has 0 radical (unpaired) electrons. The molecule has 0 spiro atoms. The normalized spacial score (nSPS) is 21.9. The Morgan fingerprint density at radius 2 is 2.07 bits per heavy atom. The zero-order valence-corrected chi connectivity index (χ0v) is 17.8. The first-order chi connectivity index (χ1) is 13.8. The Morgan fingerprint density at radius 3 is 2.72 bits per heavy atom. The number of nitrogens with two attached hydrogens (primary N) is 1. The van der Waals surface area contributed by atoms with Crippen molar-refractivity contribution in [3.63, 3.8) is 0 Å². The van der Waals surface area contributed by atoms with Crippen LogP contribution in [0.3, 0.4) is 0 Å². The summed E-state index contributed by atoms with van der Waals surface area (Å²) in [4.78, 5) is 27.2. The predicted molar refractivity (Wildman–Crippen MR) is 113 cm³/mol. The molecule has 1 aromatic carbocycles. The van der Waals surface area contributed by atoms with Gasteiger partial charge < -0.3 is 10.6 Å². The number of carbonyl (C=O) groups excluding carboxylic acids is 2. The number of hydrogen-bond donors (Lipinski definition) is 3. The second-order valence-electron chi connectivity index (χ2n) is 7.47. The van der Waals surface area contributed by atoms with Gasteiger partial charge in [-0.05, 0) is 23.6 Å². The highest BCUT2D eigenvalue weighted by Crippen LogP contribution is 2.40. The average Bonchev–Trinajstić information content (AvgIpc) is 2.67. The maximum Gasteiger partial charge on any atom is 0.269 e. The molecule has 29 heavy (non-hydrogen) atoms. The lowest BCUT2D eigenvalue weighted by Crippen LogP contribution is -2.53. The van der Waals surface area contributed by atoms with Crippen LogP contribution in [-0.4, -0.2) is 41.0 Å². The monoisotopic (exact) mass is 438 g/mol. The molecule has 0 saturated carbocycles. The largest absolute Gasteiger partial charge is 0.358 e. The van der Waals surface area contributed by atoms with E-state index in [9.17, 15) is 9.59 Å². The van der Waals surface area contributed by atoms with Crippen LogP contribution in [0.5, 0.6) is 0 Å². The van der Waals surface area contributed by atoms with Gasteiger partial charge in [0.2, 0.25) is 0 Å². The topological polar surface area (TPSA) is 87.5 Å². The molecule has 0 aromatic heterocycles. The summed E-state index contributed by atoms with van der Waals surface area (Å²) in [6.45, 7) is 4.85. The third-order valence-electron chi connectivity index (χ3n) is 4.62. The van der Waals surface area contributed by atoms with Crippen LogP contribution in [0.25, 0.3) is 0 Å². The molecule has 3 rings (SSSR count). The molecule has 9 heteroatoms. The second kappa shape index (κ2) is 9.30. The van der Waals surface area contributed by atoms with Gasteiger partial charge in [0.25, 0.3) is 5.91 Å². The number of benzene rings is 1. The first-order valence-electron chi connectivity index (χ1n) is 9.35. The molecule has 2 heterocycles. The Hall–Kier alpha value is -1.87. The van der Waals surface area contributed by atoms with Crippen LogP contribution in [0.1, 0.15) is 19.4 Å². The Bertz CT molecular complexity index is 857. The summed E-state index contributed by atoms with van der Waals surface area (Å²) in [7, 11) is 0. The number of rotatable bonds is 6. The number of fused-ring (bicyclic) bond motifs is 1. The molecular formula is C20H24ClFN4O2S. The number of thioether (sulfide) groups is 1. The molecular weight excluding hydrogens is 415 g/mol. The maximum atomic E-state index is 15.2. The van der Waals surface area contributed by atoms with Crippen molar-refractivity contribution < 1.29 is 14.0 Å². The van der Waals surface area contributed by atoms with Crippen LogP contribution in [0.15, 0.2) is 46.8 Å². The van der Waals surface area contributed by atoms with E-state index in [0.29, 0.717) is 24.0 Å². The van der Waals surface area contributed by atoms with E-state index in [1.807, 2.05) is 26.0 Å². The summed E-state index contributed by atoms with van der Waals surface area (Å²) >= 11 is 7.13. The van der Waals surface area contributed by atoms with E-state index >= 15 is 4.39 Å². The van der Waals surface area contributed by atoms with E-state index in [1.54, 1.807) is 17.0 Å². The molecule has 156 valence electrons. The van der Waals surface area contributed by atoms with Gasteiger partial charge in [-0.1, -0.05) is 37.6 Å². The molecule has 0 aliphatic carbocycles. The van der Waals surface area contributed by atoms with E-state index < -0.39 is 23.8 Å². The molecule has 6 nitrogen and oxygen atoms in total. The van der Waals surface area contributed by atoms with Crippen LogP contribution in [0, 0.1) is 5.92 Å². The van der Waals surface area contributed by atoms with Crippen molar-refractivity contribution >= 4 is 35.1 Å². The van der Waals surface area contributed by atoms with E-state index in [4.69, 9.17) is 17.3 Å². The Morgan fingerprint density at radius 1 is 1.38 bits per heavy atom. The predicted octanol–water partition coefficient (Wildman–Crippen LogP) is 2.51. The lowest BCUT2D eigenvalue weighted by atomic mass is 9.98. The van der Waals surface area contributed by atoms with E-state index in [1.165, 1.54) is 18.0 Å². The number of nitrogens with one attached hydrogen (secondary N) is 2. The van der Waals surface area contributed by atoms with Gasteiger partial charge in [-0.2, -0.15) is 0 Å². The molecule has 4 N–H and O–H groups in total. The fourth-order valence-electron chi connectivity index (χ4n) is 3.10. The summed E-state index contributed by atoms with van der Waals surface area (Å²) < 4.78 is 15.2.